The van der Waals surface area contributed by atoms with Crippen LogP contribution in [0.15, 0.2) is 18.3 Å². The highest BCUT2D eigenvalue weighted by atomic mass is 16.5. The summed E-state index contributed by atoms with van der Waals surface area (Å²) in [6.07, 6.45) is 5.77. The molecule has 1 aromatic rings. The van der Waals surface area contributed by atoms with Gasteiger partial charge in [-0.05, 0) is 50.4 Å². The van der Waals surface area contributed by atoms with Crippen molar-refractivity contribution in [2.24, 2.45) is 0 Å². The van der Waals surface area contributed by atoms with E-state index in [-0.39, 0.29) is 0 Å². The Hall–Kier alpha value is -1.13. The third-order valence-corrected chi connectivity index (χ3v) is 3.86. The lowest BCUT2D eigenvalue weighted by Gasteiger charge is -2.23. The van der Waals surface area contributed by atoms with Gasteiger partial charge in [0.1, 0.15) is 5.82 Å². The maximum absolute atomic E-state index is 5.69. The van der Waals surface area contributed by atoms with Crippen molar-refractivity contribution in [1.82, 2.24) is 10.3 Å². The molecule has 0 radical (unpaired) electrons. The summed E-state index contributed by atoms with van der Waals surface area (Å²) in [6.45, 7) is 7.27. The Balaban J connectivity index is 1.96. The molecule has 1 saturated heterocycles. The number of anilines is 1. The van der Waals surface area contributed by atoms with E-state index in [2.05, 4.69) is 48.2 Å². The molecule has 1 aromatic heterocycles. The molecule has 2 rings (SSSR count). The standard InChI is InChI=1S/C16H27N3O/c1-4-8-17-13(2)14-7-9-18-16(11-14)19(3)12-15-6-5-10-20-15/h7,9,11,13,15,17H,4-6,8,10,12H2,1-3H3. The van der Waals surface area contributed by atoms with Crippen molar-refractivity contribution in [2.45, 2.75) is 45.3 Å². The normalized spacial score (nSPS) is 20.1. The van der Waals surface area contributed by atoms with E-state index < -0.39 is 0 Å². The summed E-state index contributed by atoms with van der Waals surface area (Å²) in [5.41, 5.74) is 1.29. The summed E-state index contributed by atoms with van der Waals surface area (Å²) in [5, 5.41) is 3.52. The number of rotatable bonds is 7. The van der Waals surface area contributed by atoms with Crippen molar-refractivity contribution >= 4 is 5.82 Å². The highest BCUT2D eigenvalue weighted by Gasteiger charge is 2.18. The molecule has 4 nitrogen and oxygen atoms in total. The number of pyridine rings is 1. The van der Waals surface area contributed by atoms with Gasteiger partial charge in [0, 0.05) is 32.4 Å². The van der Waals surface area contributed by atoms with E-state index in [0.29, 0.717) is 12.1 Å². The topological polar surface area (TPSA) is 37.4 Å². The molecule has 2 heterocycles. The van der Waals surface area contributed by atoms with Gasteiger partial charge in [-0.15, -0.1) is 0 Å². The molecule has 0 aromatic carbocycles. The Morgan fingerprint density at radius 1 is 1.55 bits per heavy atom. The minimum absolute atomic E-state index is 0.362. The van der Waals surface area contributed by atoms with Crippen LogP contribution in [-0.2, 0) is 4.74 Å². The number of hydrogen-bond acceptors (Lipinski definition) is 4. The molecule has 0 bridgehead atoms. The Bertz CT molecular complexity index is 404. The number of likely N-dealkylation sites (N-methyl/N-ethyl adjacent to an activating group) is 1. The second kappa shape index (κ2) is 7.60. The number of ether oxygens (including phenoxy) is 1. The van der Waals surface area contributed by atoms with Gasteiger partial charge in [-0.2, -0.15) is 0 Å². The molecule has 4 heteroatoms. The lowest BCUT2D eigenvalue weighted by Crippen LogP contribution is -2.29. The molecule has 0 spiro atoms. The van der Waals surface area contributed by atoms with Crippen LogP contribution in [0.5, 0.6) is 0 Å². The lowest BCUT2D eigenvalue weighted by atomic mass is 10.1. The first-order valence-corrected chi connectivity index (χ1v) is 7.72. The molecule has 0 aliphatic carbocycles. The van der Waals surface area contributed by atoms with Gasteiger partial charge in [-0.1, -0.05) is 6.92 Å². The van der Waals surface area contributed by atoms with Crippen LogP contribution in [-0.4, -0.2) is 37.8 Å². The molecule has 2 unspecified atom stereocenters. The number of nitrogens with one attached hydrogen (secondary N) is 1. The predicted molar refractivity (Wildman–Crippen MR) is 83.2 cm³/mol. The molecular formula is C16H27N3O. The van der Waals surface area contributed by atoms with Crippen LogP contribution in [0.4, 0.5) is 5.82 Å². The van der Waals surface area contributed by atoms with Gasteiger partial charge in [-0.3, -0.25) is 0 Å². The van der Waals surface area contributed by atoms with E-state index in [1.807, 2.05) is 6.20 Å². The Morgan fingerprint density at radius 2 is 2.40 bits per heavy atom. The maximum Gasteiger partial charge on any atom is 0.128 e. The van der Waals surface area contributed by atoms with Crippen molar-refractivity contribution in [3.63, 3.8) is 0 Å². The van der Waals surface area contributed by atoms with E-state index in [1.165, 1.54) is 18.4 Å². The summed E-state index contributed by atoms with van der Waals surface area (Å²) in [7, 11) is 2.10. The van der Waals surface area contributed by atoms with Crippen LogP contribution in [0.1, 0.15) is 44.7 Å². The highest BCUT2D eigenvalue weighted by molar-refractivity contribution is 5.41. The van der Waals surface area contributed by atoms with Crippen LogP contribution < -0.4 is 10.2 Å². The van der Waals surface area contributed by atoms with E-state index in [9.17, 15) is 0 Å². The first-order chi connectivity index (χ1) is 9.70. The van der Waals surface area contributed by atoms with Crippen molar-refractivity contribution in [1.29, 1.82) is 0 Å². The fourth-order valence-corrected chi connectivity index (χ4v) is 2.58. The number of aromatic nitrogens is 1. The minimum atomic E-state index is 0.362. The molecule has 1 fully saturated rings. The van der Waals surface area contributed by atoms with Crippen molar-refractivity contribution in [3.8, 4) is 0 Å². The second-order valence-corrected chi connectivity index (χ2v) is 5.64. The third kappa shape index (κ3) is 4.18. The van der Waals surface area contributed by atoms with E-state index in [1.54, 1.807) is 0 Å². The summed E-state index contributed by atoms with van der Waals surface area (Å²) in [5.74, 6) is 1.03. The quantitative estimate of drug-likeness (QED) is 0.831. The van der Waals surface area contributed by atoms with Crippen LogP contribution in [0, 0.1) is 0 Å². The molecule has 1 aliphatic heterocycles. The SMILES string of the molecule is CCCNC(C)c1ccnc(N(C)CC2CCCO2)c1. The Labute approximate surface area is 122 Å². The van der Waals surface area contributed by atoms with Gasteiger partial charge in [0.25, 0.3) is 0 Å². The first kappa shape index (κ1) is 15.3. The van der Waals surface area contributed by atoms with Gasteiger partial charge in [-0.25, -0.2) is 4.98 Å². The van der Waals surface area contributed by atoms with Crippen molar-refractivity contribution in [2.75, 3.05) is 31.6 Å². The van der Waals surface area contributed by atoms with E-state index in [0.717, 1.165) is 31.9 Å². The monoisotopic (exact) mass is 277 g/mol. The van der Waals surface area contributed by atoms with Gasteiger partial charge < -0.3 is 15.0 Å². The molecular weight excluding hydrogens is 250 g/mol. The number of nitrogens with zero attached hydrogens (tertiary/aromatic N) is 2. The zero-order valence-corrected chi connectivity index (χ0v) is 12.9. The molecule has 0 saturated carbocycles. The maximum atomic E-state index is 5.69. The lowest BCUT2D eigenvalue weighted by molar-refractivity contribution is 0.116. The largest absolute Gasteiger partial charge is 0.376 e. The third-order valence-electron chi connectivity index (χ3n) is 3.86. The zero-order valence-electron chi connectivity index (χ0n) is 12.9. The van der Waals surface area contributed by atoms with Gasteiger partial charge in [0.05, 0.1) is 6.10 Å². The van der Waals surface area contributed by atoms with Crippen LogP contribution in [0.3, 0.4) is 0 Å². The van der Waals surface area contributed by atoms with Crippen LogP contribution in [0.2, 0.25) is 0 Å². The molecule has 1 aliphatic rings. The van der Waals surface area contributed by atoms with Crippen molar-refractivity contribution < 1.29 is 4.74 Å². The number of hydrogen-bond donors (Lipinski definition) is 1. The van der Waals surface area contributed by atoms with E-state index >= 15 is 0 Å². The van der Waals surface area contributed by atoms with Crippen LogP contribution >= 0.6 is 0 Å². The smallest absolute Gasteiger partial charge is 0.128 e. The Kier molecular flexibility index (Phi) is 5.80. The van der Waals surface area contributed by atoms with Gasteiger partial charge >= 0.3 is 0 Å². The predicted octanol–water partition coefficient (Wildman–Crippen LogP) is 2.76. The molecule has 20 heavy (non-hydrogen) atoms. The fraction of sp³-hybridized carbons (Fsp3) is 0.688. The average molecular weight is 277 g/mol. The zero-order chi connectivity index (χ0) is 14.4. The highest BCUT2D eigenvalue weighted by Crippen LogP contribution is 2.20. The molecule has 1 N–H and O–H groups in total. The Morgan fingerprint density at radius 3 is 3.10 bits per heavy atom. The average Bonchev–Trinajstić information content (AvgIpc) is 2.97. The minimum Gasteiger partial charge on any atom is -0.376 e. The summed E-state index contributed by atoms with van der Waals surface area (Å²) < 4.78 is 5.69. The van der Waals surface area contributed by atoms with E-state index in [4.69, 9.17) is 4.74 Å². The molecule has 0 amide bonds. The summed E-state index contributed by atoms with van der Waals surface area (Å²) in [4.78, 5) is 6.69. The van der Waals surface area contributed by atoms with Crippen LogP contribution in [0.25, 0.3) is 0 Å². The van der Waals surface area contributed by atoms with Gasteiger partial charge in [0.15, 0.2) is 0 Å². The summed E-state index contributed by atoms with van der Waals surface area (Å²) >= 11 is 0. The molecule has 112 valence electrons. The second-order valence-electron chi connectivity index (χ2n) is 5.64. The van der Waals surface area contributed by atoms with Gasteiger partial charge in [0.2, 0.25) is 0 Å². The fourth-order valence-electron chi connectivity index (χ4n) is 2.58. The first-order valence-electron chi connectivity index (χ1n) is 7.72. The van der Waals surface area contributed by atoms with Crippen molar-refractivity contribution in [3.05, 3.63) is 23.9 Å². The summed E-state index contributed by atoms with van der Waals surface area (Å²) in [6, 6.07) is 4.65. The molecule has 2 atom stereocenters.